The summed E-state index contributed by atoms with van der Waals surface area (Å²) in [4.78, 5) is 15.6. The zero-order chi connectivity index (χ0) is 13.4. The Morgan fingerprint density at radius 3 is 2.39 bits per heavy atom. The van der Waals surface area contributed by atoms with Gasteiger partial charge in [-0.25, -0.2) is 4.79 Å². The molecule has 0 bridgehead atoms. The van der Waals surface area contributed by atoms with Crippen molar-refractivity contribution in [2.45, 2.75) is 13.5 Å². The van der Waals surface area contributed by atoms with Gasteiger partial charge in [-0.05, 0) is 26.6 Å². The Labute approximate surface area is 109 Å². The van der Waals surface area contributed by atoms with Crippen molar-refractivity contribution < 1.29 is 9.53 Å². The summed E-state index contributed by atoms with van der Waals surface area (Å²) >= 11 is 0. The molecule has 0 saturated heterocycles. The van der Waals surface area contributed by atoms with Crippen LogP contribution in [0.1, 0.15) is 12.5 Å². The first-order valence-corrected chi connectivity index (χ1v) is 6.23. The first-order chi connectivity index (χ1) is 8.63. The molecular weight excluding hydrogens is 228 g/mol. The number of rotatable bonds is 6. The van der Waals surface area contributed by atoms with E-state index < -0.39 is 0 Å². The first-order valence-electron chi connectivity index (χ1n) is 6.23. The monoisotopic (exact) mass is 250 g/mol. The number of benzene rings is 1. The van der Waals surface area contributed by atoms with E-state index in [1.165, 1.54) is 0 Å². The molecule has 1 rings (SSSR count). The van der Waals surface area contributed by atoms with Crippen LogP contribution < -0.4 is 0 Å². The molecular formula is C14H22N2O2. The van der Waals surface area contributed by atoms with Crippen LogP contribution in [0.3, 0.4) is 0 Å². The molecule has 1 aromatic rings. The summed E-state index contributed by atoms with van der Waals surface area (Å²) < 4.78 is 5.08. The molecule has 1 aromatic carbocycles. The molecule has 0 aliphatic heterocycles. The Bertz CT molecular complexity index is 352. The van der Waals surface area contributed by atoms with Crippen LogP contribution in [0.25, 0.3) is 0 Å². The lowest BCUT2D eigenvalue weighted by molar-refractivity contribution is 0.102. The Hall–Kier alpha value is -1.55. The highest BCUT2D eigenvalue weighted by Gasteiger charge is 2.14. The molecule has 0 aliphatic rings. The van der Waals surface area contributed by atoms with E-state index in [2.05, 4.69) is 4.90 Å². The summed E-state index contributed by atoms with van der Waals surface area (Å²) in [5, 5.41) is 0. The maximum Gasteiger partial charge on any atom is 0.410 e. The summed E-state index contributed by atoms with van der Waals surface area (Å²) in [6, 6.07) is 9.96. The summed E-state index contributed by atoms with van der Waals surface area (Å²) in [5.74, 6) is 0. The van der Waals surface area contributed by atoms with Gasteiger partial charge < -0.3 is 14.5 Å². The highest BCUT2D eigenvalue weighted by Crippen LogP contribution is 2.06. The van der Waals surface area contributed by atoms with E-state index in [0.29, 0.717) is 19.7 Å². The smallest absolute Gasteiger partial charge is 0.410 e. The molecule has 0 fully saturated rings. The summed E-state index contributed by atoms with van der Waals surface area (Å²) in [7, 11) is 3.98. The van der Waals surface area contributed by atoms with Crippen molar-refractivity contribution in [3.05, 3.63) is 35.9 Å². The van der Waals surface area contributed by atoms with Gasteiger partial charge >= 0.3 is 6.09 Å². The van der Waals surface area contributed by atoms with Gasteiger partial charge in [-0.2, -0.15) is 0 Å². The average molecular weight is 250 g/mol. The zero-order valence-electron chi connectivity index (χ0n) is 11.4. The Morgan fingerprint density at radius 1 is 1.17 bits per heavy atom. The van der Waals surface area contributed by atoms with Crippen LogP contribution in [-0.4, -0.2) is 49.7 Å². The third-order valence-electron chi connectivity index (χ3n) is 2.56. The Morgan fingerprint density at radius 2 is 1.83 bits per heavy atom. The number of hydrogen-bond acceptors (Lipinski definition) is 3. The van der Waals surface area contributed by atoms with Crippen molar-refractivity contribution in [3.8, 4) is 0 Å². The van der Waals surface area contributed by atoms with Gasteiger partial charge in [0.1, 0.15) is 0 Å². The summed E-state index contributed by atoms with van der Waals surface area (Å²) in [6.45, 7) is 4.32. The number of likely N-dealkylation sites (N-methyl/N-ethyl adjacent to an activating group) is 1. The lowest BCUT2D eigenvalue weighted by Crippen LogP contribution is -2.36. The number of carbonyl (C=O) groups is 1. The minimum atomic E-state index is -0.247. The van der Waals surface area contributed by atoms with Crippen molar-refractivity contribution in [2.24, 2.45) is 0 Å². The van der Waals surface area contributed by atoms with Gasteiger partial charge in [-0.15, -0.1) is 0 Å². The largest absolute Gasteiger partial charge is 0.450 e. The van der Waals surface area contributed by atoms with Crippen LogP contribution in [0.5, 0.6) is 0 Å². The van der Waals surface area contributed by atoms with Gasteiger partial charge in [0.05, 0.1) is 6.61 Å². The molecule has 100 valence electrons. The third kappa shape index (κ3) is 5.19. The van der Waals surface area contributed by atoms with E-state index in [1.54, 1.807) is 4.90 Å². The molecule has 0 unspecified atom stereocenters. The normalized spacial score (nSPS) is 10.4. The highest BCUT2D eigenvalue weighted by atomic mass is 16.6. The third-order valence-corrected chi connectivity index (χ3v) is 2.56. The van der Waals surface area contributed by atoms with Gasteiger partial charge in [-0.3, -0.25) is 0 Å². The van der Waals surface area contributed by atoms with Crippen LogP contribution in [0.15, 0.2) is 30.3 Å². The van der Waals surface area contributed by atoms with E-state index in [4.69, 9.17) is 4.74 Å². The fourth-order valence-corrected chi connectivity index (χ4v) is 1.57. The van der Waals surface area contributed by atoms with Gasteiger partial charge in [-0.1, -0.05) is 30.3 Å². The molecule has 1 amide bonds. The molecule has 0 atom stereocenters. The lowest BCUT2D eigenvalue weighted by Gasteiger charge is -2.23. The highest BCUT2D eigenvalue weighted by molar-refractivity contribution is 5.67. The Balaban J connectivity index is 2.62. The lowest BCUT2D eigenvalue weighted by atomic mass is 10.2. The van der Waals surface area contributed by atoms with Gasteiger partial charge in [0, 0.05) is 19.6 Å². The second-order valence-corrected chi connectivity index (χ2v) is 4.41. The quantitative estimate of drug-likeness (QED) is 0.776. The standard InChI is InChI=1S/C14H22N2O2/c1-4-18-14(17)16(11-10-15(2)3)12-13-8-6-5-7-9-13/h5-9H,4,10-12H2,1-3H3. The van der Waals surface area contributed by atoms with Crippen LogP contribution >= 0.6 is 0 Å². The SMILES string of the molecule is CCOC(=O)N(CCN(C)C)Cc1ccccc1. The number of amides is 1. The molecule has 18 heavy (non-hydrogen) atoms. The number of nitrogens with zero attached hydrogens (tertiary/aromatic N) is 2. The molecule has 0 heterocycles. The van der Waals surface area contributed by atoms with Crippen LogP contribution in [0, 0.1) is 0 Å². The van der Waals surface area contributed by atoms with Crippen molar-refractivity contribution in [1.29, 1.82) is 0 Å². The van der Waals surface area contributed by atoms with Crippen LogP contribution in [-0.2, 0) is 11.3 Å². The van der Waals surface area contributed by atoms with Crippen molar-refractivity contribution in [1.82, 2.24) is 9.80 Å². The Kier molecular flexibility index (Phi) is 6.22. The van der Waals surface area contributed by atoms with Crippen molar-refractivity contribution in [3.63, 3.8) is 0 Å². The van der Waals surface area contributed by atoms with Crippen molar-refractivity contribution >= 4 is 6.09 Å². The van der Waals surface area contributed by atoms with Gasteiger partial charge in [0.25, 0.3) is 0 Å². The maximum absolute atomic E-state index is 11.8. The minimum absolute atomic E-state index is 0.247. The number of hydrogen-bond donors (Lipinski definition) is 0. The maximum atomic E-state index is 11.8. The van der Waals surface area contributed by atoms with Gasteiger partial charge in [0.2, 0.25) is 0 Å². The van der Waals surface area contributed by atoms with E-state index in [0.717, 1.165) is 12.1 Å². The second-order valence-electron chi connectivity index (χ2n) is 4.41. The molecule has 0 radical (unpaired) electrons. The number of carbonyl (C=O) groups excluding carboxylic acids is 1. The fraction of sp³-hybridized carbons (Fsp3) is 0.500. The fourth-order valence-electron chi connectivity index (χ4n) is 1.57. The summed E-state index contributed by atoms with van der Waals surface area (Å²) in [6.07, 6.45) is -0.247. The molecule has 0 spiro atoms. The molecule has 0 aromatic heterocycles. The molecule has 4 nitrogen and oxygen atoms in total. The first kappa shape index (κ1) is 14.5. The molecule has 4 heteroatoms. The van der Waals surface area contributed by atoms with E-state index in [9.17, 15) is 4.79 Å². The zero-order valence-corrected chi connectivity index (χ0v) is 11.4. The average Bonchev–Trinajstić information content (AvgIpc) is 2.35. The predicted molar refractivity (Wildman–Crippen MR) is 72.4 cm³/mol. The molecule has 0 saturated carbocycles. The topological polar surface area (TPSA) is 32.8 Å². The minimum Gasteiger partial charge on any atom is -0.450 e. The second kappa shape index (κ2) is 7.71. The number of ether oxygens (including phenoxy) is 1. The van der Waals surface area contributed by atoms with E-state index in [1.807, 2.05) is 51.4 Å². The van der Waals surface area contributed by atoms with Gasteiger partial charge in [0.15, 0.2) is 0 Å². The van der Waals surface area contributed by atoms with Crippen LogP contribution in [0.4, 0.5) is 4.79 Å². The molecule has 0 aliphatic carbocycles. The summed E-state index contributed by atoms with van der Waals surface area (Å²) in [5.41, 5.74) is 1.12. The van der Waals surface area contributed by atoms with Crippen LogP contribution in [0.2, 0.25) is 0 Å². The molecule has 0 N–H and O–H groups in total. The predicted octanol–water partition coefficient (Wildman–Crippen LogP) is 2.21. The van der Waals surface area contributed by atoms with Crippen molar-refractivity contribution in [2.75, 3.05) is 33.8 Å². The van der Waals surface area contributed by atoms with E-state index >= 15 is 0 Å². The van der Waals surface area contributed by atoms with E-state index in [-0.39, 0.29) is 6.09 Å².